The Labute approximate surface area is 98.4 Å². The normalized spacial score (nSPS) is 26.5. The van der Waals surface area contributed by atoms with E-state index in [1.807, 2.05) is 12.1 Å². The Morgan fingerprint density at radius 2 is 2.33 bits per heavy atom. The Balaban J connectivity index is 2.01. The van der Waals surface area contributed by atoms with Crippen LogP contribution in [0.25, 0.3) is 0 Å². The van der Waals surface area contributed by atoms with Gasteiger partial charge in [-0.25, -0.2) is 0 Å². The highest BCUT2D eigenvalue weighted by Crippen LogP contribution is 2.21. The van der Waals surface area contributed by atoms with Crippen LogP contribution in [0.1, 0.15) is 12.0 Å². The molecule has 1 heterocycles. The number of aliphatic hydroxyl groups excluding tert-OH is 1. The summed E-state index contributed by atoms with van der Waals surface area (Å²) in [5.74, 6) is 0.244. The molecular weight excluding hydrogens is 256 g/mol. The van der Waals surface area contributed by atoms with E-state index in [4.69, 9.17) is 4.74 Å². The van der Waals surface area contributed by atoms with Crippen LogP contribution in [0, 0.1) is 5.92 Å². The Bertz CT molecular complexity index is 327. The average Bonchev–Trinajstić information content (AvgIpc) is 2.22. The quantitative estimate of drug-likeness (QED) is 0.895. The molecule has 1 aliphatic heterocycles. The molecule has 1 fully saturated rings. The molecule has 2 nitrogen and oxygen atoms in total. The van der Waals surface area contributed by atoms with Crippen LogP contribution in [0.2, 0.25) is 0 Å². The first-order valence-electron chi connectivity index (χ1n) is 5.26. The lowest BCUT2D eigenvalue weighted by atomic mass is 9.92. The van der Waals surface area contributed by atoms with Crippen LogP contribution in [0.4, 0.5) is 0 Å². The third-order valence-corrected chi connectivity index (χ3v) is 3.31. The molecule has 0 aliphatic carbocycles. The largest absolute Gasteiger partial charge is 0.393 e. The lowest BCUT2D eigenvalue weighted by Crippen LogP contribution is -2.33. The lowest BCUT2D eigenvalue weighted by molar-refractivity contribution is -0.0350. The fraction of sp³-hybridized carbons (Fsp3) is 0.500. The number of aliphatic hydroxyl groups is 1. The minimum absolute atomic E-state index is 0.210. The summed E-state index contributed by atoms with van der Waals surface area (Å²) in [6, 6.07) is 8.22. The van der Waals surface area contributed by atoms with Gasteiger partial charge in [0.15, 0.2) is 0 Å². The Morgan fingerprint density at radius 3 is 3.07 bits per heavy atom. The SMILES string of the molecule is OC1CCOCC1Cc1cccc(Br)c1. The number of hydrogen-bond donors (Lipinski definition) is 1. The predicted molar refractivity (Wildman–Crippen MR) is 62.8 cm³/mol. The van der Waals surface area contributed by atoms with E-state index >= 15 is 0 Å². The van der Waals surface area contributed by atoms with Gasteiger partial charge in [-0.3, -0.25) is 0 Å². The van der Waals surface area contributed by atoms with Crippen molar-refractivity contribution >= 4 is 15.9 Å². The second-order valence-electron chi connectivity index (χ2n) is 4.03. The molecule has 0 radical (unpaired) electrons. The van der Waals surface area contributed by atoms with Crippen molar-refractivity contribution in [1.82, 2.24) is 0 Å². The number of ether oxygens (including phenoxy) is 1. The molecule has 1 aromatic rings. The number of hydrogen-bond acceptors (Lipinski definition) is 2. The minimum Gasteiger partial charge on any atom is -0.393 e. The van der Waals surface area contributed by atoms with Crippen molar-refractivity contribution in [3.8, 4) is 0 Å². The maximum absolute atomic E-state index is 9.81. The highest BCUT2D eigenvalue weighted by atomic mass is 79.9. The Kier molecular flexibility index (Phi) is 3.78. The monoisotopic (exact) mass is 270 g/mol. The van der Waals surface area contributed by atoms with E-state index < -0.39 is 0 Å². The molecule has 2 unspecified atom stereocenters. The van der Waals surface area contributed by atoms with Gasteiger partial charge in [-0.15, -0.1) is 0 Å². The lowest BCUT2D eigenvalue weighted by Gasteiger charge is -2.27. The van der Waals surface area contributed by atoms with E-state index in [2.05, 4.69) is 28.1 Å². The molecule has 0 saturated carbocycles. The average molecular weight is 271 g/mol. The minimum atomic E-state index is -0.210. The Morgan fingerprint density at radius 1 is 1.47 bits per heavy atom. The molecule has 0 spiro atoms. The first-order chi connectivity index (χ1) is 7.25. The molecule has 1 aliphatic rings. The van der Waals surface area contributed by atoms with Gasteiger partial charge < -0.3 is 9.84 Å². The second kappa shape index (κ2) is 5.10. The van der Waals surface area contributed by atoms with E-state index in [-0.39, 0.29) is 12.0 Å². The molecule has 3 heteroatoms. The van der Waals surface area contributed by atoms with E-state index in [1.54, 1.807) is 0 Å². The van der Waals surface area contributed by atoms with Crippen molar-refractivity contribution in [2.45, 2.75) is 18.9 Å². The fourth-order valence-corrected chi connectivity index (χ4v) is 2.39. The van der Waals surface area contributed by atoms with Gasteiger partial charge in [0.2, 0.25) is 0 Å². The molecule has 0 amide bonds. The number of benzene rings is 1. The van der Waals surface area contributed by atoms with E-state index in [9.17, 15) is 5.11 Å². The van der Waals surface area contributed by atoms with Gasteiger partial charge in [0.1, 0.15) is 0 Å². The summed E-state index contributed by atoms with van der Waals surface area (Å²) in [6.07, 6.45) is 1.44. The maximum Gasteiger partial charge on any atom is 0.0615 e. The summed E-state index contributed by atoms with van der Waals surface area (Å²) in [6.45, 7) is 1.36. The number of rotatable bonds is 2. The first kappa shape index (κ1) is 11.1. The van der Waals surface area contributed by atoms with Crippen LogP contribution in [-0.2, 0) is 11.2 Å². The summed E-state index contributed by atoms with van der Waals surface area (Å²) >= 11 is 3.45. The molecule has 2 rings (SSSR count). The van der Waals surface area contributed by atoms with Crippen LogP contribution >= 0.6 is 15.9 Å². The zero-order valence-electron chi connectivity index (χ0n) is 8.53. The predicted octanol–water partition coefficient (Wildman–Crippen LogP) is 2.39. The van der Waals surface area contributed by atoms with Crippen molar-refractivity contribution in [3.63, 3.8) is 0 Å². The number of halogens is 1. The molecular formula is C12H15BrO2. The van der Waals surface area contributed by atoms with E-state index in [0.717, 1.165) is 17.3 Å². The van der Waals surface area contributed by atoms with Gasteiger partial charge in [0, 0.05) is 17.0 Å². The topological polar surface area (TPSA) is 29.5 Å². The molecule has 1 N–H and O–H groups in total. The van der Waals surface area contributed by atoms with Gasteiger partial charge in [0.25, 0.3) is 0 Å². The Hall–Kier alpha value is -0.380. The van der Waals surface area contributed by atoms with Crippen molar-refractivity contribution in [2.24, 2.45) is 5.92 Å². The summed E-state index contributed by atoms with van der Waals surface area (Å²) in [7, 11) is 0. The third kappa shape index (κ3) is 3.03. The smallest absolute Gasteiger partial charge is 0.0615 e. The first-order valence-corrected chi connectivity index (χ1v) is 6.05. The van der Waals surface area contributed by atoms with E-state index in [0.29, 0.717) is 13.2 Å². The maximum atomic E-state index is 9.81. The van der Waals surface area contributed by atoms with E-state index in [1.165, 1.54) is 5.56 Å². The van der Waals surface area contributed by atoms with Crippen LogP contribution < -0.4 is 0 Å². The standard InChI is InChI=1S/C12H15BrO2/c13-11-3-1-2-9(7-11)6-10-8-15-5-4-12(10)14/h1-3,7,10,12,14H,4-6,8H2. The van der Waals surface area contributed by atoms with Gasteiger partial charge in [-0.2, -0.15) is 0 Å². The van der Waals surface area contributed by atoms with Crippen molar-refractivity contribution in [3.05, 3.63) is 34.3 Å². The molecule has 2 atom stereocenters. The van der Waals surface area contributed by atoms with Crippen molar-refractivity contribution < 1.29 is 9.84 Å². The van der Waals surface area contributed by atoms with Crippen LogP contribution in [-0.4, -0.2) is 24.4 Å². The second-order valence-corrected chi connectivity index (χ2v) is 4.94. The summed E-state index contributed by atoms with van der Waals surface area (Å²) in [5.41, 5.74) is 1.25. The van der Waals surface area contributed by atoms with Crippen molar-refractivity contribution in [2.75, 3.05) is 13.2 Å². The van der Waals surface area contributed by atoms with Gasteiger partial charge in [0.05, 0.1) is 12.7 Å². The fourth-order valence-electron chi connectivity index (χ4n) is 1.95. The molecule has 15 heavy (non-hydrogen) atoms. The highest BCUT2D eigenvalue weighted by molar-refractivity contribution is 9.10. The van der Waals surface area contributed by atoms with Crippen LogP contribution in [0.15, 0.2) is 28.7 Å². The van der Waals surface area contributed by atoms with Gasteiger partial charge >= 0.3 is 0 Å². The summed E-state index contributed by atoms with van der Waals surface area (Å²) < 4.78 is 6.47. The molecule has 1 aromatic carbocycles. The van der Waals surface area contributed by atoms with Crippen molar-refractivity contribution in [1.29, 1.82) is 0 Å². The molecule has 82 valence electrons. The third-order valence-electron chi connectivity index (χ3n) is 2.82. The van der Waals surface area contributed by atoms with Gasteiger partial charge in [-0.1, -0.05) is 28.1 Å². The molecule has 1 saturated heterocycles. The van der Waals surface area contributed by atoms with Gasteiger partial charge in [-0.05, 0) is 30.5 Å². The molecule has 0 bridgehead atoms. The summed E-state index contributed by atoms with van der Waals surface area (Å²) in [4.78, 5) is 0. The summed E-state index contributed by atoms with van der Waals surface area (Å²) in [5, 5.41) is 9.81. The van der Waals surface area contributed by atoms with Crippen LogP contribution in [0.3, 0.4) is 0 Å². The zero-order valence-corrected chi connectivity index (χ0v) is 10.1. The molecule has 0 aromatic heterocycles. The highest BCUT2D eigenvalue weighted by Gasteiger charge is 2.23. The zero-order chi connectivity index (χ0) is 10.7. The van der Waals surface area contributed by atoms with Crippen LogP contribution in [0.5, 0.6) is 0 Å².